The lowest BCUT2D eigenvalue weighted by Crippen LogP contribution is -2.29. The summed E-state index contributed by atoms with van der Waals surface area (Å²) in [5.41, 5.74) is 2.20. The van der Waals surface area contributed by atoms with Gasteiger partial charge in [0, 0.05) is 5.57 Å². The maximum absolute atomic E-state index is 11.5. The van der Waals surface area contributed by atoms with Crippen molar-refractivity contribution in [2.24, 2.45) is 11.3 Å². The van der Waals surface area contributed by atoms with Crippen molar-refractivity contribution in [2.45, 2.75) is 52.7 Å². The number of carbonyl (C=O) groups is 1. The van der Waals surface area contributed by atoms with Crippen LogP contribution in [0, 0.1) is 11.3 Å². The van der Waals surface area contributed by atoms with Crippen LogP contribution in [0.1, 0.15) is 46.5 Å². The molecule has 0 fully saturated rings. The Labute approximate surface area is 109 Å². The Kier molecular flexibility index (Phi) is 3.62. The fourth-order valence-electron chi connectivity index (χ4n) is 2.97. The van der Waals surface area contributed by atoms with Crippen molar-refractivity contribution >= 4 is 5.97 Å². The van der Waals surface area contributed by atoms with Gasteiger partial charge in [0.15, 0.2) is 0 Å². The van der Waals surface area contributed by atoms with E-state index in [1.807, 2.05) is 0 Å². The van der Waals surface area contributed by atoms with Crippen LogP contribution >= 0.6 is 0 Å². The van der Waals surface area contributed by atoms with E-state index in [9.17, 15) is 9.90 Å². The van der Waals surface area contributed by atoms with Crippen LogP contribution in [0.2, 0.25) is 0 Å². The minimum atomic E-state index is -1.04. The maximum atomic E-state index is 11.5. The number of rotatable bonds is 3. The Bertz CT molecular complexity index is 408. The molecule has 0 spiro atoms. The summed E-state index contributed by atoms with van der Waals surface area (Å²) in [5.74, 6) is 0.265. The second-order valence-electron chi connectivity index (χ2n) is 5.77. The van der Waals surface area contributed by atoms with Gasteiger partial charge in [0.2, 0.25) is 6.29 Å². The van der Waals surface area contributed by atoms with E-state index in [2.05, 4.69) is 26.8 Å². The smallest absolute Gasteiger partial charge is 0.336 e. The molecule has 1 N–H and O–H groups in total. The first kappa shape index (κ1) is 13.3. The molecule has 3 heteroatoms. The van der Waals surface area contributed by atoms with E-state index >= 15 is 0 Å². The van der Waals surface area contributed by atoms with E-state index in [1.54, 1.807) is 0 Å². The monoisotopic (exact) mass is 250 g/mol. The quantitative estimate of drug-likeness (QED) is 0.618. The fourth-order valence-corrected chi connectivity index (χ4v) is 2.97. The predicted octanol–water partition coefficient (Wildman–Crippen LogP) is 2.95. The molecule has 3 atom stereocenters. The molecule has 0 saturated carbocycles. The highest BCUT2D eigenvalue weighted by atomic mass is 16.6. The standard InChI is InChI=1S/C15H22O3/c1-10-5-4-6-11(2)15(10,3)8-7-12-9-13(16)18-14(12)17/h5,9,11,13,16H,4,6-8H2,1-3H3. The summed E-state index contributed by atoms with van der Waals surface area (Å²) < 4.78 is 4.71. The third-order valence-corrected chi connectivity index (χ3v) is 4.79. The number of allylic oxidation sites excluding steroid dienone is 2. The topological polar surface area (TPSA) is 46.5 Å². The number of hydrogen-bond acceptors (Lipinski definition) is 3. The molecule has 0 aromatic carbocycles. The zero-order valence-corrected chi connectivity index (χ0v) is 11.4. The van der Waals surface area contributed by atoms with Crippen LogP contribution in [0.15, 0.2) is 23.3 Å². The molecule has 0 bridgehead atoms. The summed E-state index contributed by atoms with van der Waals surface area (Å²) in [6, 6.07) is 0. The summed E-state index contributed by atoms with van der Waals surface area (Å²) in [4.78, 5) is 11.5. The molecule has 3 nitrogen and oxygen atoms in total. The Morgan fingerprint density at radius 1 is 1.56 bits per heavy atom. The Balaban J connectivity index is 2.05. The number of aliphatic hydroxyl groups is 1. The highest BCUT2D eigenvalue weighted by molar-refractivity contribution is 5.90. The summed E-state index contributed by atoms with van der Waals surface area (Å²) >= 11 is 0. The number of esters is 1. The third kappa shape index (κ3) is 2.37. The van der Waals surface area contributed by atoms with Crippen molar-refractivity contribution in [2.75, 3.05) is 0 Å². The van der Waals surface area contributed by atoms with Crippen molar-refractivity contribution in [3.8, 4) is 0 Å². The van der Waals surface area contributed by atoms with E-state index in [-0.39, 0.29) is 11.4 Å². The summed E-state index contributed by atoms with van der Waals surface area (Å²) in [5, 5.41) is 9.24. The lowest BCUT2D eigenvalue weighted by atomic mass is 9.65. The Hall–Kier alpha value is -1.09. The first-order valence-electron chi connectivity index (χ1n) is 6.70. The molecule has 2 rings (SSSR count). The van der Waals surface area contributed by atoms with E-state index in [4.69, 9.17) is 4.74 Å². The molecule has 3 unspecified atom stereocenters. The molecule has 2 aliphatic rings. The second-order valence-corrected chi connectivity index (χ2v) is 5.77. The van der Waals surface area contributed by atoms with Crippen LogP contribution in [0.5, 0.6) is 0 Å². The van der Waals surface area contributed by atoms with Crippen molar-refractivity contribution in [1.82, 2.24) is 0 Å². The van der Waals surface area contributed by atoms with Crippen LogP contribution < -0.4 is 0 Å². The average molecular weight is 250 g/mol. The van der Waals surface area contributed by atoms with E-state index in [1.165, 1.54) is 18.1 Å². The number of hydrogen-bond donors (Lipinski definition) is 1. The van der Waals surface area contributed by atoms with E-state index < -0.39 is 6.29 Å². The normalized spacial score (nSPS) is 36.1. The first-order chi connectivity index (χ1) is 8.43. The van der Waals surface area contributed by atoms with Gasteiger partial charge >= 0.3 is 5.97 Å². The number of ether oxygens (including phenoxy) is 1. The van der Waals surface area contributed by atoms with Gasteiger partial charge in [-0.3, -0.25) is 0 Å². The predicted molar refractivity (Wildman–Crippen MR) is 69.7 cm³/mol. The molecule has 1 heterocycles. The molecule has 18 heavy (non-hydrogen) atoms. The van der Waals surface area contributed by atoms with E-state index in [0.717, 1.165) is 12.8 Å². The molecule has 0 aromatic heterocycles. The van der Waals surface area contributed by atoms with Gasteiger partial charge in [-0.1, -0.05) is 25.5 Å². The van der Waals surface area contributed by atoms with Crippen molar-refractivity contribution in [1.29, 1.82) is 0 Å². The molecule has 0 radical (unpaired) electrons. The van der Waals surface area contributed by atoms with Crippen LogP contribution in [-0.2, 0) is 9.53 Å². The molecule has 1 aliphatic heterocycles. The minimum absolute atomic E-state index is 0.160. The van der Waals surface area contributed by atoms with Gasteiger partial charge in [0.05, 0.1) is 0 Å². The van der Waals surface area contributed by atoms with Gasteiger partial charge in [-0.15, -0.1) is 0 Å². The lowest BCUT2D eigenvalue weighted by molar-refractivity contribution is -0.151. The van der Waals surface area contributed by atoms with Crippen LogP contribution in [0.3, 0.4) is 0 Å². The van der Waals surface area contributed by atoms with E-state index in [0.29, 0.717) is 17.9 Å². The molecule has 100 valence electrons. The van der Waals surface area contributed by atoms with Gasteiger partial charge < -0.3 is 9.84 Å². The van der Waals surface area contributed by atoms with Gasteiger partial charge in [-0.25, -0.2) is 4.79 Å². The number of cyclic esters (lactones) is 1. The molecular weight excluding hydrogens is 228 g/mol. The van der Waals surface area contributed by atoms with Gasteiger partial charge in [-0.05, 0) is 50.0 Å². The van der Waals surface area contributed by atoms with Crippen LogP contribution in [0.25, 0.3) is 0 Å². The molecule has 0 aromatic rings. The summed E-state index contributed by atoms with van der Waals surface area (Å²) in [6.07, 6.45) is 6.78. The second kappa shape index (κ2) is 4.88. The van der Waals surface area contributed by atoms with Gasteiger partial charge in [-0.2, -0.15) is 0 Å². The average Bonchev–Trinajstić information content (AvgIpc) is 2.62. The highest BCUT2D eigenvalue weighted by Gasteiger charge is 2.35. The SMILES string of the molecule is CC1=CCCC(C)C1(C)CCC1=CC(O)OC1=O. The van der Waals surface area contributed by atoms with Crippen LogP contribution in [0.4, 0.5) is 0 Å². The Morgan fingerprint density at radius 3 is 2.83 bits per heavy atom. The fraction of sp³-hybridized carbons (Fsp3) is 0.667. The van der Waals surface area contributed by atoms with Crippen LogP contribution in [-0.4, -0.2) is 17.4 Å². The lowest BCUT2D eigenvalue weighted by Gasteiger charge is -2.40. The first-order valence-corrected chi connectivity index (χ1v) is 6.70. The highest BCUT2D eigenvalue weighted by Crippen LogP contribution is 2.45. The molecule has 0 saturated heterocycles. The molecule has 1 aliphatic carbocycles. The van der Waals surface area contributed by atoms with Crippen molar-refractivity contribution < 1.29 is 14.6 Å². The van der Waals surface area contributed by atoms with Gasteiger partial charge in [0.1, 0.15) is 0 Å². The largest absolute Gasteiger partial charge is 0.429 e. The van der Waals surface area contributed by atoms with Crippen molar-refractivity contribution in [3.63, 3.8) is 0 Å². The zero-order chi connectivity index (χ0) is 13.3. The third-order valence-electron chi connectivity index (χ3n) is 4.79. The molecular formula is C15H22O3. The number of aliphatic hydroxyl groups excluding tert-OH is 1. The zero-order valence-electron chi connectivity index (χ0n) is 11.4. The Morgan fingerprint density at radius 2 is 2.28 bits per heavy atom. The maximum Gasteiger partial charge on any atom is 0.336 e. The molecule has 0 amide bonds. The minimum Gasteiger partial charge on any atom is -0.429 e. The van der Waals surface area contributed by atoms with Crippen molar-refractivity contribution in [3.05, 3.63) is 23.3 Å². The summed E-state index contributed by atoms with van der Waals surface area (Å²) in [7, 11) is 0. The summed E-state index contributed by atoms with van der Waals surface area (Å²) in [6.45, 7) is 6.75. The number of carbonyl (C=O) groups excluding carboxylic acids is 1. The van der Waals surface area contributed by atoms with Gasteiger partial charge in [0.25, 0.3) is 0 Å².